The molecule has 1 aromatic carbocycles. The Hall–Kier alpha value is -1.55. The first kappa shape index (κ1) is 14.5. The van der Waals surface area contributed by atoms with Crippen LogP contribution in [0.5, 0.6) is 5.75 Å². The van der Waals surface area contributed by atoms with Gasteiger partial charge in [-0.3, -0.25) is 4.79 Å². The molecule has 0 aliphatic heterocycles. The SMILES string of the molecule is CCNCC(C)C(=O)NCCOc1ccccc1. The summed E-state index contributed by atoms with van der Waals surface area (Å²) in [7, 11) is 0. The van der Waals surface area contributed by atoms with Gasteiger partial charge in [-0.2, -0.15) is 0 Å². The van der Waals surface area contributed by atoms with Crippen molar-refractivity contribution in [3.05, 3.63) is 30.3 Å². The van der Waals surface area contributed by atoms with E-state index in [1.807, 2.05) is 44.2 Å². The van der Waals surface area contributed by atoms with Crippen LogP contribution in [0.3, 0.4) is 0 Å². The zero-order valence-electron chi connectivity index (χ0n) is 11.1. The topological polar surface area (TPSA) is 50.4 Å². The minimum atomic E-state index is -0.0123. The number of amides is 1. The van der Waals surface area contributed by atoms with E-state index in [4.69, 9.17) is 4.74 Å². The van der Waals surface area contributed by atoms with E-state index in [-0.39, 0.29) is 11.8 Å². The highest BCUT2D eigenvalue weighted by Crippen LogP contribution is 2.07. The van der Waals surface area contributed by atoms with Gasteiger partial charge in [-0.05, 0) is 18.7 Å². The van der Waals surface area contributed by atoms with Crippen molar-refractivity contribution in [3.63, 3.8) is 0 Å². The molecule has 18 heavy (non-hydrogen) atoms. The number of para-hydroxylation sites is 1. The van der Waals surface area contributed by atoms with Gasteiger partial charge < -0.3 is 15.4 Å². The Morgan fingerprint density at radius 3 is 2.72 bits per heavy atom. The van der Waals surface area contributed by atoms with Gasteiger partial charge in [-0.1, -0.05) is 32.0 Å². The van der Waals surface area contributed by atoms with Crippen LogP contribution in [-0.4, -0.2) is 32.1 Å². The van der Waals surface area contributed by atoms with E-state index in [1.165, 1.54) is 0 Å². The number of benzene rings is 1. The summed E-state index contributed by atoms with van der Waals surface area (Å²) >= 11 is 0. The molecule has 1 aromatic rings. The van der Waals surface area contributed by atoms with Gasteiger partial charge in [-0.15, -0.1) is 0 Å². The number of hydrogen-bond acceptors (Lipinski definition) is 3. The molecule has 2 N–H and O–H groups in total. The lowest BCUT2D eigenvalue weighted by Gasteiger charge is -2.12. The average molecular weight is 250 g/mol. The maximum absolute atomic E-state index is 11.7. The highest BCUT2D eigenvalue weighted by atomic mass is 16.5. The summed E-state index contributed by atoms with van der Waals surface area (Å²) in [5.74, 6) is 0.877. The maximum atomic E-state index is 11.7. The van der Waals surface area contributed by atoms with Crippen molar-refractivity contribution in [1.82, 2.24) is 10.6 Å². The lowest BCUT2D eigenvalue weighted by atomic mass is 10.1. The molecule has 0 saturated heterocycles. The molecule has 0 spiro atoms. The maximum Gasteiger partial charge on any atom is 0.224 e. The van der Waals surface area contributed by atoms with Gasteiger partial charge in [0.15, 0.2) is 0 Å². The summed E-state index contributed by atoms with van der Waals surface area (Å²) in [6, 6.07) is 9.58. The fraction of sp³-hybridized carbons (Fsp3) is 0.500. The van der Waals surface area contributed by atoms with Crippen molar-refractivity contribution in [2.24, 2.45) is 5.92 Å². The highest BCUT2D eigenvalue weighted by Gasteiger charge is 2.10. The lowest BCUT2D eigenvalue weighted by molar-refractivity contribution is -0.124. The summed E-state index contributed by atoms with van der Waals surface area (Å²) in [6.45, 7) is 6.55. The van der Waals surface area contributed by atoms with Crippen LogP contribution < -0.4 is 15.4 Å². The zero-order chi connectivity index (χ0) is 13.2. The highest BCUT2D eigenvalue weighted by molar-refractivity contribution is 5.78. The van der Waals surface area contributed by atoms with Crippen LogP contribution in [-0.2, 0) is 4.79 Å². The predicted molar refractivity (Wildman–Crippen MR) is 72.7 cm³/mol. The Kier molecular flexibility index (Phi) is 6.87. The molecule has 0 aliphatic rings. The first-order valence-electron chi connectivity index (χ1n) is 6.40. The lowest BCUT2D eigenvalue weighted by Crippen LogP contribution is -2.37. The van der Waals surface area contributed by atoms with Gasteiger partial charge in [0.2, 0.25) is 5.91 Å². The minimum Gasteiger partial charge on any atom is -0.492 e. The third-order valence-corrected chi connectivity index (χ3v) is 2.56. The Morgan fingerprint density at radius 1 is 1.33 bits per heavy atom. The standard InChI is InChI=1S/C14H22N2O2/c1-3-15-11-12(2)14(17)16-9-10-18-13-7-5-4-6-8-13/h4-8,12,15H,3,9-11H2,1-2H3,(H,16,17). The molecular weight excluding hydrogens is 228 g/mol. The van der Waals surface area contributed by atoms with Crippen molar-refractivity contribution in [2.45, 2.75) is 13.8 Å². The quantitative estimate of drug-likeness (QED) is 0.686. The second-order valence-corrected chi connectivity index (χ2v) is 4.16. The normalized spacial score (nSPS) is 11.9. The Balaban J connectivity index is 2.12. The molecule has 0 radical (unpaired) electrons. The van der Waals surface area contributed by atoms with Crippen molar-refractivity contribution < 1.29 is 9.53 Å². The molecule has 1 rings (SSSR count). The van der Waals surface area contributed by atoms with E-state index < -0.39 is 0 Å². The summed E-state index contributed by atoms with van der Waals surface area (Å²) in [5, 5.41) is 6.01. The Morgan fingerprint density at radius 2 is 2.06 bits per heavy atom. The van der Waals surface area contributed by atoms with E-state index >= 15 is 0 Å². The number of carbonyl (C=O) groups is 1. The van der Waals surface area contributed by atoms with E-state index in [2.05, 4.69) is 10.6 Å². The molecule has 0 fully saturated rings. The monoisotopic (exact) mass is 250 g/mol. The van der Waals surface area contributed by atoms with Crippen LogP contribution in [0.25, 0.3) is 0 Å². The number of ether oxygens (including phenoxy) is 1. The van der Waals surface area contributed by atoms with Gasteiger partial charge in [0.25, 0.3) is 0 Å². The molecule has 0 heterocycles. The van der Waals surface area contributed by atoms with Crippen molar-refractivity contribution in [3.8, 4) is 5.75 Å². The molecule has 0 aromatic heterocycles. The first-order valence-corrected chi connectivity index (χ1v) is 6.40. The van der Waals surface area contributed by atoms with E-state index in [1.54, 1.807) is 0 Å². The van der Waals surface area contributed by atoms with Gasteiger partial charge in [-0.25, -0.2) is 0 Å². The third kappa shape index (κ3) is 5.68. The van der Waals surface area contributed by atoms with Crippen molar-refractivity contribution >= 4 is 5.91 Å². The predicted octanol–water partition coefficient (Wildman–Crippen LogP) is 1.43. The number of nitrogens with one attached hydrogen (secondary N) is 2. The summed E-state index contributed by atoms with van der Waals surface area (Å²) in [5.41, 5.74) is 0. The van der Waals surface area contributed by atoms with Crippen LogP contribution in [0.2, 0.25) is 0 Å². The molecule has 4 nitrogen and oxygen atoms in total. The van der Waals surface area contributed by atoms with Crippen molar-refractivity contribution in [1.29, 1.82) is 0 Å². The molecule has 0 bridgehead atoms. The second kappa shape index (κ2) is 8.53. The largest absolute Gasteiger partial charge is 0.492 e. The molecule has 1 unspecified atom stereocenters. The van der Waals surface area contributed by atoms with Gasteiger partial charge in [0.1, 0.15) is 12.4 Å². The summed E-state index contributed by atoms with van der Waals surface area (Å²) in [6.07, 6.45) is 0. The first-order chi connectivity index (χ1) is 8.74. The average Bonchev–Trinajstić information content (AvgIpc) is 2.41. The van der Waals surface area contributed by atoms with Crippen LogP contribution >= 0.6 is 0 Å². The third-order valence-electron chi connectivity index (χ3n) is 2.56. The van der Waals surface area contributed by atoms with Crippen LogP contribution in [0.15, 0.2) is 30.3 Å². The van der Waals surface area contributed by atoms with E-state index in [0.717, 1.165) is 12.3 Å². The number of carbonyl (C=O) groups excluding carboxylic acids is 1. The number of rotatable bonds is 8. The second-order valence-electron chi connectivity index (χ2n) is 4.16. The molecular formula is C14H22N2O2. The van der Waals surface area contributed by atoms with E-state index in [0.29, 0.717) is 19.7 Å². The molecule has 100 valence electrons. The Labute approximate surface area is 109 Å². The smallest absolute Gasteiger partial charge is 0.224 e. The van der Waals surface area contributed by atoms with Crippen LogP contribution in [0.1, 0.15) is 13.8 Å². The summed E-state index contributed by atoms with van der Waals surface area (Å²) < 4.78 is 5.49. The summed E-state index contributed by atoms with van der Waals surface area (Å²) in [4.78, 5) is 11.7. The fourth-order valence-electron chi connectivity index (χ4n) is 1.49. The van der Waals surface area contributed by atoms with Crippen molar-refractivity contribution in [2.75, 3.05) is 26.2 Å². The van der Waals surface area contributed by atoms with Crippen LogP contribution in [0, 0.1) is 5.92 Å². The zero-order valence-corrected chi connectivity index (χ0v) is 11.1. The molecule has 0 aliphatic carbocycles. The molecule has 0 saturated carbocycles. The van der Waals surface area contributed by atoms with Gasteiger partial charge in [0.05, 0.1) is 6.54 Å². The fourth-order valence-corrected chi connectivity index (χ4v) is 1.49. The van der Waals surface area contributed by atoms with E-state index in [9.17, 15) is 4.79 Å². The molecule has 1 atom stereocenters. The Bertz CT molecular complexity index is 341. The molecule has 4 heteroatoms. The molecule has 1 amide bonds. The van der Waals surface area contributed by atoms with Crippen LogP contribution in [0.4, 0.5) is 0 Å². The van der Waals surface area contributed by atoms with Gasteiger partial charge in [0, 0.05) is 12.5 Å². The minimum absolute atomic E-state index is 0.0123. The number of hydrogen-bond donors (Lipinski definition) is 2. The van der Waals surface area contributed by atoms with Gasteiger partial charge >= 0.3 is 0 Å².